The first-order chi connectivity index (χ1) is 5.97. The maximum absolute atomic E-state index is 5.23. The van der Waals surface area contributed by atoms with E-state index < -0.39 is 0 Å². The summed E-state index contributed by atoms with van der Waals surface area (Å²) in [5.41, 5.74) is 1.05. The Balaban J connectivity index is 2.08. The van der Waals surface area contributed by atoms with Crippen molar-refractivity contribution in [1.29, 1.82) is 0 Å². The monoisotopic (exact) mass is 164 g/mol. The van der Waals surface area contributed by atoms with E-state index in [2.05, 4.69) is 21.2 Å². The molecular weight excluding hydrogens is 154 g/mol. The van der Waals surface area contributed by atoms with E-state index in [-0.39, 0.29) is 0 Å². The van der Waals surface area contributed by atoms with Crippen LogP contribution in [-0.4, -0.2) is 36.3 Å². The van der Waals surface area contributed by atoms with Crippen LogP contribution in [0.4, 0.5) is 5.69 Å². The fourth-order valence-electron chi connectivity index (χ4n) is 1.24. The lowest BCUT2D eigenvalue weighted by Gasteiger charge is -2.27. The van der Waals surface area contributed by atoms with E-state index in [0.29, 0.717) is 0 Å². The molecule has 1 radical (unpaired) electrons. The molecule has 1 aromatic rings. The highest BCUT2D eigenvalue weighted by atomic mass is 16.5. The fourth-order valence-corrected chi connectivity index (χ4v) is 1.24. The van der Waals surface area contributed by atoms with E-state index in [1.807, 2.05) is 0 Å². The van der Waals surface area contributed by atoms with Crippen LogP contribution in [-0.2, 0) is 4.74 Å². The van der Waals surface area contributed by atoms with E-state index in [9.17, 15) is 0 Å². The minimum absolute atomic E-state index is 0.790. The summed E-state index contributed by atoms with van der Waals surface area (Å²) in [6.45, 7) is 3.43. The molecule has 1 aliphatic rings. The number of morpholine rings is 1. The largest absolute Gasteiger partial charge is 0.378 e. The molecule has 0 N–H and O–H groups in total. The third-order valence-electron chi connectivity index (χ3n) is 1.89. The quantitative estimate of drug-likeness (QED) is 0.590. The SMILES string of the molecule is [c]1ncc(N2CCOCC2)cn1. The van der Waals surface area contributed by atoms with E-state index in [1.54, 1.807) is 12.4 Å². The maximum Gasteiger partial charge on any atom is 0.197 e. The van der Waals surface area contributed by atoms with E-state index >= 15 is 0 Å². The van der Waals surface area contributed by atoms with Crippen LogP contribution in [0.3, 0.4) is 0 Å². The van der Waals surface area contributed by atoms with Crippen LogP contribution in [0.1, 0.15) is 0 Å². The molecule has 1 aliphatic heterocycles. The predicted molar refractivity (Wildman–Crippen MR) is 43.9 cm³/mol. The molecule has 63 valence electrons. The van der Waals surface area contributed by atoms with Gasteiger partial charge in [0.05, 0.1) is 31.3 Å². The van der Waals surface area contributed by atoms with Gasteiger partial charge in [-0.15, -0.1) is 0 Å². The van der Waals surface area contributed by atoms with Gasteiger partial charge in [0.15, 0.2) is 6.33 Å². The summed E-state index contributed by atoms with van der Waals surface area (Å²) < 4.78 is 5.23. The van der Waals surface area contributed by atoms with Gasteiger partial charge in [-0.25, -0.2) is 9.97 Å². The number of ether oxygens (including phenoxy) is 1. The van der Waals surface area contributed by atoms with Crippen LogP contribution in [0.25, 0.3) is 0 Å². The highest BCUT2D eigenvalue weighted by Crippen LogP contribution is 2.11. The highest BCUT2D eigenvalue weighted by molar-refractivity contribution is 5.41. The molecule has 1 fully saturated rings. The summed E-state index contributed by atoms with van der Waals surface area (Å²) in [7, 11) is 0. The first-order valence-electron chi connectivity index (χ1n) is 3.97. The van der Waals surface area contributed by atoms with Gasteiger partial charge in [-0.3, -0.25) is 0 Å². The molecule has 0 spiro atoms. The average Bonchev–Trinajstić information content (AvgIpc) is 2.21. The van der Waals surface area contributed by atoms with Gasteiger partial charge in [0.1, 0.15) is 0 Å². The lowest BCUT2D eigenvalue weighted by molar-refractivity contribution is 0.122. The number of nitrogens with zero attached hydrogens (tertiary/aromatic N) is 3. The molecule has 0 atom stereocenters. The molecule has 1 aromatic heterocycles. The van der Waals surface area contributed by atoms with Crippen molar-refractivity contribution in [3.63, 3.8) is 0 Å². The zero-order chi connectivity index (χ0) is 8.23. The van der Waals surface area contributed by atoms with Crippen molar-refractivity contribution < 1.29 is 4.74 Å². The van der Waals surface area contributed by atoms with Crippen molar-refractivity contribution in [2.45, 2.75) is 0 Å². The third kappa shape index (κ3) is 1.53. The van der Waals surface area contributed by atoms with Gasteiger partial charge >= 0.3 is 0 Å². The Morgan fingerprint density at radius 2 is 1.92 bits per heavy atom. The van der Waals surface area contributed by atoms with Crippen LogP contribution >= 0.6 is 0 Å². The van der Waals surface area contributed by atoms with Crippen LogP contribution in [0.5, 0.6) is 0 Å². The van der Waals surface area contributed by atoms with Gasteiger partial charge in [-0.1, -0.05) is 0 Å². The normalized spacial score (nSPS) is 17.8. The van der Waals surface area contributed by atoms with Gasteiger partial charge in [0, 0.05) is 13.1 Å². The van der Waals surface area contributed by atoms with E-state index in [4.69, 9.17) is 4.74 Å². The molecular formula is C8H10N3O. The number of anilines is 1. The second-order valence-corrected chi connectivity index (χ2v) is 2.64. The lowest BCUT2D eigenvalue weighted by Crippen LogP contribution is -2.36. The van der Waals surface area contributed by atoms with Gasteiger partial charge in [0.25, 0.3) is 0 Å². The number of aromatic nitrogens is 2. The number of rotatable bonds is 1. The molecule has 12 heavy (non-hydrogen) atoms. The lowest BCUT2D eigenvalue weighted by atomic mass is 10.4. The topological polar surface area (TPSA) is 38.2 Å². The van der Waals surface area contributed by atoms with Gasteiger partial charge < -0.3 is 9.64 Å². The minimum atomic E-state index is 0.790. The summed E-state index contributed by atoms with van der Waals surface area (Å²) in [5, 5.41) is 0. The predicted octanol–water partition coefficient (Wildman–Crippen LogP) is 0.113. The summed E-state index contributed by atoms with van der Waals surface area (Å²) in [6, 6.07) is 0. The van der Waals surface area contributed by atoms with Crippen LogP contribution in [0, 0.1) is 6.33 Å². The average molecular weight is 164 g/mol. The second kappa shape index (κ2) is 3.49. The minimum Gasteiger partial charge on any atom is -0.378 e. The first-order valence-corrected chi connectivity index (χ1v) is 3.97. The second-order valence-electron chi connectivity index (χ2n) is 2.64. The molecule has 4 nitrogen and oxygen atoms in total. The Labute approximate surface area is 71.2 Å². The number of hydrogen-bond donors (Lipinski definition) is 0. The summed E-state index contributed by atoms with van der Waals surface area (Å²) in [4.78, 5) is 9.89. The molecule has 4 heteroatoms. The summed E-state index contributed by atoms with van der Waals surface area (Å²) >= 11 is 0. The first kappa shape index (κ1) is 7.49. The molecule has 0 amide bonds. The van der Waals surface area contributed by atoms with Crippen LogP contribution < -0.4 is 4.90 Å². The Hall–Kier alpha value is -1.16. The Kier molecular flexibility index (Phi) is 2.18. The molecule has 2 rings (SSSR count). The zero-order valence-electron chi connectivity index (χ0n) is 6.73. The molecule has 2 heterocycles. The smallest absolute Gasteiger partial charge is 0.197 e. The van der Waals surface area contributed by atoms with Crippen molar-refractivity contribution in [2.24, 2.45) is 0 Å². The summed E-state index contributed by atoms with van der Waals surface area (Å²) in [5.74, 6) is 0. The summed E-state index contributed by atoms with van der Waals surface area (Å²) in [6.07, 6.45) is 6.07. The van der Waals surface area contributed by atoms with E-state index in [1.165, 1.54) is 0 Å². The third-order valence-corrected chi connectivity index (χ3v) is 1.89. The molecule has 0 saturated carbocycles. The molecule has 0 bridgehead atoms. The van der Waals surface area contributed by atoms with Crippen molar-refractivity contribution >= 4 is 5.69 Å². The standard InChI is InChI=1S/C8H10N3O/c1-3-12-4-2-11(1)8-5-9-7-10-6-8/h5-6H,1-4H2. The van der Waals surface area contributed by atoms with Crippen LogP contribution in [0.2, 0.25) is 0 Å². The van der Waals surface area contributed by atoms with Crippen molar-refractivity contribution in [3.8, 4) is 0 Å². The van der Waals surface area contributed by atoms with Gasteiger partial charge in [0.2, 0.25) is 0 Å². The van der Waals surface area contributed by atoms with E-state index in [0.717, 1.165) is 32.0 Å². The highest BCUT2D eigenvalue weighted by Gasteiger charge is 2.10. The van der Waals surface area contributed by atoms with Crippen molar-refractivity contribution in [2.75, 3.05) is 31.2 Å². The van der Waals surface area contributed by atoms with Crippen molar-refractivity contribution in [1.82, 2.24) is 9.97 Å². The number of hydrogen-bond acceptors (Lipinski definition) is 4. The Bertz CT molecular complexity index is 233. The Morgan fingerprint density at radius 1 is 1.25 bits per heavy atom. The van der Waals surface area contributed by atoms with Crippen LogP contribution in [0.15, 0.2) is 12.4 Å². The molecule has 1 saturated heterocycles. The Morgan fingerprint density at radius 3 is 2.58 bits per heavy atom. The molecule has 0 aliphatic carbocycles. The molecule has 0 unspecified atom stereocenters. The zero-order valence-corrected chi connectivity index (χ0v) is 6.73. The van der Waals surface area contributed by atoms with Gasteiger partial charge in [-0.2, -0.15) is 0 Å². The maximum atomic E-state index is 5.23. The fraction of sp³-hybridized carbons (Fsp3) is 0.500. The van der Waals surface area contributed by atoms with Gasteiger partial charge in [-0.05, 0) is 0 Å². The molecule has 0 aromatic carbocycles. The van der Waals surface area contributed by atoms with Crippen molar-refractivity contribution in [3.05, 3.63) is 18.7 Å².